The van der Waals surface area contributed by atoms with Crippen LogP contribution in [0.4, 0.5) is 4.79 Å². The van der Waals surface area contributed by atoms with Crippen molar-refractivity contribution in [3.05, 3.63) is 0 Å². The maximum absolute atomic E-state index is 13.0. The molecule has 3 N–H and O–H groups in total. The Morgan fingerprint density at radius 1 is 1.32 bits per heavy atom. The molecule has 1 fully saturated rings. The topological polar surface area (TPSA) is 94.1 Å². The quantitative estimate of drug-likeness (QED) is 0.157. The van der Waals surface area contributed by atoms with Crippen molar-refractivity contribution in [3.8, 4) is 0 Å². The van der Waals surface area contributed by atoms with Crippen LogP contribution >= 0.6 is 30.9 Å². The van der Waals surface area contributed by atoms with Crippen molar-refractivity contribution in [2.45, 2.75) is 45.2 Å². The van der Waals surface area contributed by atoms with E-state index >= 15 is 0 Å². The van der Waals surface area contributed by atoms with E-state index in [9.17, 15) is 14.6 Å². The first-order valence-corrected chi connectivity index (χ1v) is 11.3. The number of carbonyl (C=O) groups excluding carboxylic acids is 1. The van der Waals surface area contributed by atoms with Gasteiger partial charge in [0.25, 0.3) is 0 Å². The highest BCUT2D eigenvalue weighted by Crippen LogP contribution is 2.49. The number of alkyl halides is 2. The minimum absolute atomic E-state index is 0.150. The van der Waals surface area contributed by atoms with Gasteiger partial charge in [0.15, 0.2) is 0 Å². The Hall–Kier alpha value is -0.0800. The van der Waals surface area contributed by atoms with Crippen LogP contribution in [0.5, 0.6) is 0 Å². The number of hydrogen-bond acceptors (Lipinski definition) is 4. The minimum Gasteiger partial charge on any atom is -0.336 e. The Morgan fingerprint density at radius 2 is 2.00 bits per heavy atom. The van der Waals surface area contributed by atoms with E-state index in [0.717, 1.165) is 25.7 Å². The lowest BCUT2D eigenvalue weighted by Gasteiger charge is -2.39. The second-order valence-electron chi connectivity index (χ2n) is 5.76. The number of urea groups is 1. The third kappa shape index (κ3) is 7.59. The average molecular weight is 419 g/mol. The van der Waals surface area contributed by atoms with E-state index in [0.29, 0.717) is 31.1 Å². The first kappa shape index (κ1) is 23.0. The van der Waals surface area contributed by atoms with Crippen LogP contribution in [0.15, 0.2) is 0 Å². The molecule has 0 aliphatic carbocycles. The Bertz CT molecular complexity index is 441. The second-order valence-corrected chi connectivity index (χ2v) is 8.63. The summed E-state index contributed by atoms with van der Waals surface area (Å²) in [5.74, 6) is 0.523. The smallest absolute Gasteiger partial charge is 0.336 e. The molecular weight excluding hydrogens is 390 g/mol. The van der Waals surface area contributed by atoms with Crippen LogP contribution in [-0.2, 0) is 9.09 Å². The Kier molecular flexibility index (Phi) is 11.3. The van der Waals surface area contributed by atoms with Crippen LogP contribution in [0.1, 0.15) is 39.0 Å². The summed E-state index contributed by atoms with van der Waals surface area (Å²) in [7, 11) is -3.41. The molecule has 25 heavy (non-hydrogen) atoms. The number of nitrogens with one attached hydrogen (secondary N) is 2. The molecular formula is C14H29Cl2N4O4P. The molecule has 1 aliphatic rings. The third-order valence-electron chi connectivity index (χ3n) is 3.84. The number of halogens is 2. The molecule has 0 aromatic rings. The van der Waals surface area contributed by atoms with Crippen molar-refractivity contribution in [1.29, 1.82) is 0 Å². The van der Waals surface area contributed by atoms with Crippen LogP contribution in [0, 0.1) is 0 Å². The molecule has 2 atom stereocenters. The van der Waals surface area contributed by atoms with Crippen LogP contribution in [0.2, 0.25) is 0 Å². The van der Waals surface area contributed by atoms with Gasteiger partial charge < -0.3 is 9.84 Å². The third-order valence-corrected chi connectivity index (χ3v) is 6.48. The summed E-state index contributed by atoms with van der Waals surface area (Å²) >= 11 is 11.5. The van der Waals surface area contributed by atoms with Gasteiger partial charge in [-0.25, -0.2) is 14.6 Å². The first-order valence-electron chi connectivity index (χ1n) is 8.64. The summed E-state index contributed by atoms with van der Waals surface area (Å²) in [6, 6.07) is -0.622. The maximum Gasteiger partial charge on any atom is 0.345 e. The molecule has 0 bridgehead atoms. The largest absolute Gasteiger partial charge is 0.345 e. The van der Waals surface area contributed by atoms with Gasteiger partial charge in [-0.2, -0.15) is 5.06 Å². The van der Waals surface area contributed by atoms with E-state index in [1.54, 1.807) is 0 Å². The molecule has 1 aliphatic heterocycles. The Balaban J connectivity index is 2.56. The van der Waals surface area contributed by atoms with Gasteiger partial charge in [0, 0.05) is 37.8 Å². The van der Waals surface area contributed by atoms with Crippen LogP contribution in [0.25, 0.3) is 0 Å². The number of rotatable bonds is 11. The van der Waals surface area contributed by atoms with E-state index < -0.39 is 19.9 Å². The summed E-state index contributed by atoms with van der Waals surface area (Å²) < 4.78 is 19.9. The number of amides is 2. The van der Waals surface area contributed by atoms with Crippen LogP contribution in [-0.4, -0.2) is 65.1 Å². The first-order chi connectivity index (χ1) is 12.0. The fourth-order valence-electron chi connectivity index (χ4n) is 2.46. The average Bonchev–Trinajstić information content (AvgIpc) is 2.60. The van der Waals surface area contributed by atoms with Crippen molar-refractivity contribution in [1.82, 2.24) is 20.1 Å². The van der Waals surface area contributed by atoms with Gasteiger partial charge in [0.1, 0.15) is 6.17 Å². The molecule has 11 heteroatoms. The van der Waals surface area contributed by atoms with Crippen molar-refractivity contribution in [2.75, 3.05) is 38.0 Å². The van der Waals surface area contributed by atoms with E-state index in [4.69, 9.17) is 27.7 Å². The van der Waals surface area contributed by atoms with Gasteiger partial charge in [-0.1, -0.05) is 26.2 Å². The van der Waals surface area contributed by atoms with E-state index in [-0.39, 0.29) is 18.4 Å². The highest BCUT2D eigenvalue weighted by atomic mass is 35.5. The number of carbonyl (C=O) groups is 1. The molecule has 0 spiro atoms. The zero-order valence-corrected chi connectivity index (χ0v) is 17.0. The van der Waals surface area contributed by atoms with Gasteiger partial charge >= 0.3 is 13.7 Å². The van der Waals surface area contributed by atoms with Crippen LogP contribution in [0.3, 0.4) is 0 Å². The fourth-order valence-corrected chi connectivity index (χ4v) is 5.20. The number of nitrogens with zero attached hydrogens (tertiary/aromatic N) is 2. The van der Waals surface area contributed by atoms with Gasteiger partial charge in [-0.3, -0.25) is 9.77 Å². The number of unbranched alkanes of at least 4 members (excludes halogenated alkanes) is 3. The van der Waals surface area contributed by atoms with E-state index in [2.05, 4.69) is 17.3 Å². The molecule has 0 aromatic carbocycles. The normalized spacial score (nSPS) is 23.6. The number of hydroxylamine groups is 2. The number of hydrogen-bond donors (Lipinski definition) is 3. The second kappa shape index (κ2) is 12.3. The molecule has 0 aromatic heterocycles. The molecule has 1 saturated heterocycles. The van der Waals surface area contributed by atoms with Gasteiger partial charge in [0.05, 0.1) is 6.61 Å². The van der Waals surface area contributed by atoms with Crippen molar-refractivity contribution in [2.24, 2.45) is 0 Å². The molecule has 148 valence electrons. The zero-order chi connectivity index (χ0) is 18.7. The van der Waals surface area contributed by atoms with Gasteiger partial charge in [0.2, 0.25) is 0 Å². The minimum atomic E-state index is -3.41. The highest BCUT2D eigenvalue weighted by molar-refractivity contribution is 7.54. The molecule has 2 amide bonds. The SMILES string of the molecule is CCCCCCNC(=O)N(O)C1CCOP(=O)(N(CCCl)CCCl)N1. The highest BCUT2D eigenvalue weighted by Gasteiger charge is 2.40. The fraction of sp³-hybridized carbons (Fsp3) is 0.929. The standard InChI is InChI=1S/C14H29Cl2N4O4P/c1-2-3-4-5-9-17-14(21)20(22)13-6-12-24-25(23,18-13)19(10-7-15)11-8-16/h13,22H,2-12H2,1H3,(H,17,21)(H,18,23). The van der Waals surface area contributed by atoms with Crippen molar-refractivity contribution < 1.29 is 19.1 Å². The summed E-state index contributed by atoms with van der Waals surface area (Å²) in [5.41, 5.74) is 0. The lowest BCUT2D eigenvalue weighted by atomic mass is 10.2. The Labute approximate surface area is 159 Å². The summed E-state index contributed by atoms with van der Waals surface area (Å²) in [6.07, 6.45) is 3.62. The van der Waals surface area contributed by atoms with Crippen LogP contribution < -0.4 is 10.4 Å². The summed E-state index contributed by atoms with van der Waals surface area (Å²) in [4.78, 5) is 12.0. The molecule has 2 unspecified atom stereocenters. The summed E-state index contributed by atoms with van der Waals surface area (Å²) in [5, 5.41) is 16.1. The molecule has 0 radical (unpaired) electrons. The van der Waals surface area contributed by atoms with Gasteiger partial charge in [-0.15, -0.1) is 23.2 Å². The van der Waals surface area contributed by atoms with Crippen molar-refractivity contribution in [3.63, 3.8) is 0 Å². The molecule has 8 nitrogen and oxygen atoms in total. The summed E-state index contributed by atoms with van der Waals surface area (Å²) in [6.45, 7) is 3.39. The molecule has 1 rings (SSSR count). The zero-order valence-electron chi connectivity index (χ0n) is 14.6. The Morgan fingerprint density at radius 3 is 2.60 bits per heavy atom. The predicted octanol–water partition coefficient (Wildman–Crippen LogP) is 3.19. The maximum atomic E-state index is 13.0. The van der Waals surface area contributed by atoms with E-state index in [1.807, 2.05) is 0 Å². The predicted molar refractivity (Wildman–Crippen MR) is 99.3 cm³/mol. The lowest BCUT2D eigenvalue weighted by Crippen LogP contribution is -2.53. The lowest BCUT2D eigenvalue weighted by molar-refractivity contribution is -0.0923. The van der Waals surface area contributed by atoms with E-state index in [1.165, 1.54) is 4.67 Å². The molecule has 1 heterocycles. The molecule has 0 saturated carbocycles. The van der Waals surface area contributed by atoms with Crippen molar-refractivity contribution >= 4 is 36.9 Å². The monoisotopic (exact) mass is 418 g/mol. The van der Waals surface area contributed by atoms with Gasteiger partial charge in [-0.05, 0) is 6.42 Å².